The Morgan fingerprint density at radius 1 is 1.37 bits per heavy atom. The van der Waals surface area contributed by atoms with Crippen LogP contribution in [0.15, 0.2) is 29.4 Å². The fraction of sp³-hybridized carbons (Fsp3) is 0.200. The molecule has 2 rings (SSSR count). The van der Waals surface area contributed by atoms with Crippen LogP contribution in [0.2, 0.25) is 0 Å². The van der Waals surface area contributed by atoms with Crippen LogP contribution in [-0.4, -0.2) is 30.1 Å². The average Bonchev–Trinajstić information content (AvgIpc) is 2.83. The van der Waals surface area contributed by atoms with Gasteiger partial charge in [-0.05, 0) is 18.2 Å². The summed E-state index contributed by atoms with van der Waals surface area (Å²) in [4.78, 5) is 3.94. The first-order chi connectivity index (χ1) is 8.97. The Labute approximate surface area is 110 Å². The maximum absolute atomic E-state index is 11.5. The predicted octanol–water partition coefficient (Wildman–Crippen LogP) is -0.311. The Hall–Kier alpha value is -2.13. The lowest BCUT2D eigenvalue weighted by Gasteiger charge is -2.10. The van der Waals surface area contributed by atoms with Crippen molar-refractivity contribution in [3.05, 3.63) is 30.4 Å². The third kappa shape index (κ3) is 3.42. The van der Waals surface area contributed by atoms with Crippen molar-refractivity contribution in [3.8, 4) is 0 Å². The number of nitrogens with zero attached hydrogens (tertiary/aromatic N) is 2. The number of sulfonamides is 1. The number of nitrogens with two attached hydrogens (primary N) is 2. The number of H-pyrrole nitrogens is 1. The van der Waals surface area contributed by atoms with Gasteiger partial charge in [0.25, 0.3) is 0 Å². The van der Waals surface area contributed by atoms with Crippen molar-refractivity contribution in [2.75, 3.05) is 17.6 Å². The Morgan fingerprint density at radius 3 is 2.79 bits per heavy atom. The molecule has 0 spiro atoms. The molecule has 0 fully saturated rings. The smallest absolute Gasteiger partial charge is 0.240 e. The zero-order chi connectivity index (χ0) is 13.9. The summed E-state index contributed by atoms with van der Waals surface area (Å²) >= 11 is 0. The lowest BCUT2D eigenvalue weighted by atomic mass is 10.2. The molecule has 1 aromatic heterocycles. The van der Waals surface area contributed by atoms with Gasteiger partial charge in [0.05, 0.1) is 5.69 Å². The number of hydrogen-bond donors (Lipinski definition) is 4. The van der Waals surface area contributed by atoms with Crippen molar-refractivity contribution < 1.29 is 8.42 Å². The third-order valence-electron chi connectivity index (χ3n) is 2.45. The first-order valence-electron chi connectivity index (χ1n) is 5.47. The average molecular weight is 282 g/mol. The SMILES string of the molecule is Nc1ccc(NCCc2ncn[nH]2)c(S(N)(=O)=O)c1. The van der Waals surface area contributed by atoms with Crippen LogP contribution in [0.4, 0.5) is 11.4 Å². The number of primary sulfonamides is 1. The molecular formula is C10H14N6O2S. The Kier molecular flexibility index (Phi) is 3.67. The van der Waals surface area contributed by atoms with Gasteiger partial charge < -0.3 is 11.1 Å². The van der Waals surface area contributed by atoms with Crippen LogP contribution in [0.25, 0.3) is 0 Å². The first-order valence-corrected chi connectivity index (χ1v) is 7.02. The molecule has 1 heterocycles. The van der Waals surface area contributed by atoms with E-state index >= 15 is 0 Å². The van der Waals surface area contributed by atoms with Gasteiger partial charge in [0.2, 0.25) is 10.0 Å². The number of aromatic amines is 1. The summed E-state index contributed by atoms with van der Waals surface area (Å²) in [6, 6.07) is 4.51. The molecule has 0 atom stereocenters. The van der Waals surface area contributed by atoms with Gasteiger partial charge in [0.1, 0.15) is 17.0 Å². The minimum atomic E-state index is -3.82. The number of anilines is 2. The molecular weight excluding hydrogens is 268 g/mol. The first kappa shape index (κ1) is 13.3. The number of rotatable bonds is 5. The summed E-state index contributed by atoms with van der Waals surface area (Å²) in [6.45, 7) is 0.488. The largest absolute Gasteiger partial charge is 0.399 e. The zero-order valence-corrected chi connectivity index (χ0v) is 10.8. The molecule has 0 aliphatic rings. The van der Waals surface area contributed by atoms with Gasteiger partial charge in [-0.1, -0.05) is 0 Å². The maximum atomic E-state index is 11.5. The highest BCUT2D eigenvalue weighted by atomic mass is 32.2. The summed E-state index contributed by atoms with van der Waals surface area (Å²) < 4.78 is 22.9. The lowest BCUT2D eigenvalue weighted by molar-refractivity contribution is 0.598. The van der Waals surface area contributed by atoms with Gasteiger partial charge in [-0.15, -0.1) is 0 Å². The highest BCUT2D eigenvalue weighted by Gasteiger charge is 2.14. The quantitative estimate of drug-likeness (QED) is 0.554. The van der Waals surface area contributed by atoms with Crippen LogP contribution in [0, 0.1) is 0 Å². The Balaban J connectivity index is 2.12. The number of nitrogens with one attached hydrogen (secondary N) is 2. The van der Waals surface area contributed by atoms with Crippen LogP contribution in [0.5, 0.6) is 0 Å². The van der Waals surface area contributed by atoms with E-state index in [1.807, 2.05) is 0 Å². The molecule has 0 unspecified atom stereocenters. The molecule has 0 amide bonds. The van der Waals surface area contributed by atoms with Crippen LogP contribution in [0.1, 0.15) is 5.82 Å². The molecule has 0 saturated carbocycles. The summed E-state index contributed by atoms with van der Waals surface area (Å²) in [6.07, 6.45) is 1.99. The number of hydrogen-bond acceptors (Lipinski definition) is 6. The molecule has 0 saturated heterocycles. The molecule has 8 nitrogen and oxygen atoms in total. The van der Waals surface area contributed by atoms with Crippen molar-refractivity contribution in [2.45, 2.75) is 11.3 Å². The standard InChI is InChI=1S/C10H14N6O2S/c11-7-1-2-8(9(5-7)19(12,17)18)13-4-3-10-14-6-15-16-10/h1-2,5-6,13H,3-4,11H2,(H2,12,17,18)(H,14,15,16). The molecule has 0 aliphatic carbocycles. The van der Waals surface area contributed by atoms with E-state index in [0.717, 1.165) is 0 Å². The molecule has 0 bridgehead atoms. The summed E-state index contributed by atoms with van der Waals surface area (Å²) in [7, 11) is -3.82. The minimum absolute atomic E-state index is 0.0231. The second kappa shape index (κ2) is 5.24. The van der Waals surface area contributed by atoms with Crippen molar-refractivity contribution in [1.82, 2.24) is 15.2 Å². The molecule has 9 heteroatoms. The second-order valence-corrected chi connectivity index (χ2v) is 5.44. The fourth-order valence-electron chi connectivity index (χ4n) is 1.59. The fourth-order valence-corrected chi connectivity index (χ4v) is 2.33. The maximum Gasteiger partial charge on any atom is 0.240 e. The molecule has 2 aromatic rings. The monoisotopic (exact) mass is 282 g/mol. The van der Waals surface area contributed by atoms with Gasteiger partial charge in [-0.25, -0.2) is 18.5 Å². The highest BCUT2D eigenvalue weighted by molar-refractivity contribution is 7.89. The lowest BCUT2D eigenvalue weighted by Crippen LogP contribution is -2.16. The highest BCUT2D eigenvalue weighted by Crippen LogP contribution is 2.22. The molecule has 1 aromatic carbocycles. The van der Waals surface area contributed by atoms with E-state index in [1.165, 1.54) is 12.4 Å². The van der Waals surface area contributed by atoms with Crippen LogP contribution < -0.4 is 16.2 Å². The van der Waals surface area contributed by atoms with E-state index in [-0.39, 0.29) is 4.90 Å². The third-order valence-corrected chi connectivity index (χ3v) is 3.41. The van der Waals surface area contributed by atoms with Crippen LogP contribution in [0.3, 0.4) is 0 Å². The van der Waals surface area contributed by atoms with E-state index in [4.69, 9.17) is 10.9 Å². The molecule has 0 radical (unpaired) electrons. The van der Waals surface area contributed by atoms with Gasteiger partial charge in [-0.2, -0.15) is 5.10 Å². The Bertz CT molecular complexity index is 653. The molecule has 102 valence electrons. The zero-order valence-electron chi connectivity index (χ0n) is 10.00. The van der Waals surface area contributed by atoms with Gasteiger partial charge >= 0.3 is 0 Å². The van der Waals surface area contributed by atoms with Gasteiger partial charge in [-0.3, -0.25) is 5.10 Å². The van der Waals surface area contributed by atoms with Crippen molar-refractivity contribution in [3.63, 3.8) is 0 Å². The second-order valence-electron chi connectivity index (χ2n) is 3.91. The predicted molar refractivity (Wildman–Crippen MR) is 70.8 cm³/mol. The number of benzene rings is 1. The van der Waals surface area contributed by atoms with E-state index in [2.05, 4.69) is 20.5 Å². The Morgan fingerprint density at radius 2 is 2.16 bits per heavy atom. The van der Waals surface area contributed by atoms with Crippen LogP contribution >= 0.6 is 0 Å². The summed E-state index contributed by atoms with van der Waals surface area (Å²) in [5.74, 6) is 0.708. The topological polar surface area (TPSA) is 140 Å². The van der Waals surface area contributed by atoms with E-state index in [1.54, 1.807) is 12.1 Å². The molecule has 6 N–H and O–H groups in total. The minimum Gasteiger partial charge on any atom is -0.399 e. The molecule has 19 heavy (non-hydrogen) atoms. The normalized spacial score (nSPS) is 11.4. The van der Waals surface area contributed by atoms with Crippen molar-refractivity contribution >= 4 is 21.4 Å². The van der Waals surface area contributed by atoms with E-state index in [9.17, 15) is 8.42 Å². The van der Waals surface area contributed by atoms with Crippen molar-refractivity contribution in [2.24, 2.45) is 5.14 Å². The van der Waals surface area contributed by atoms with Gasteiger partial charge in [0, 0.05) is 18.7 Å². The van der Waals surface area contributed by atoms with Crippen LogP contribution in [-0.2, 0) is 16.4 Å². The number of nitrogen functional groups attached to an aromatic ring is 1. The van der Waals surface area contributed by atoms with E-state index in [0.29, 0.717) is 30.2 Å². The summed E-state index contributed by atoms with van der Waals surface area (Å²) in [5.41, 5.74) is 6.31. The number of aromatic nitrogens is 3. The molecule has 0 aliphatic heterocycles. The van der Waals surface area contributed by atoms with Gasteiger partial charge in [0.15, 0.2) is 0 Å². The van der Waals surface area contributed by atoms with Crippen molar-refractivity contribution in [1.29, 1.82) is 0 Å². The summed E-state index contributed by atoms with van der Waals surface area (Å²) in [5, 5.41) is 14.6. The van der Waals surface area contributed by atoms with E-state index < -0.39 is 10.0 Å².